The highest BCUT2D eigenvalue weighted by Gasteiger charge is 2.40. The van der Waals surface area contributed by atoms with Gasteiger partial charge < -0.3 is 15.2 Å². The summed E-state index contributed by atoms with van der Waals surface area (Å²) in [6, 6.07) is 15.9. The Morgan fingerprint density at radius 3 is 2.73 bits per heavy atom. The van der Waals surface area contributed by atoms with E-state index in [0.29, 0.717) is 35.2 Å². The minimum atomic E-state index is -0.353. The normalized spacial score (nSPS) is 23.0. The van der Waals surface area contributed by atoms with Crippen molar-refractivity contribution in [1.82, 2.24) is 20.1 Å². The fourth-order valence-corrected chi connectivity index (χ4v) is 4.58. The summed E-state index contributed by atoms with van der Waals surface area (Å²) in [7, 11) is 0. The van der Waals surface area contributed by atoms with Gasteiger partial charge in [0.25, 0.3) is 11.8 Å². The van der Waals surface area contributed by atoms with Crippen molar-refractivity contribution in [1.29, 1.82) is 0 Å². The number of piperazine rings is 1. The van der Waals surface area contributed by atoms with Crippen LogP contribution in [0.25, 0.3) is 10.9 Å². The number of hydrogen-bond donors (Lipinski definition) is 2. The van der Waals surface area contributed by atoms with Crippen LogP contribution < -0.4 is 5.32 Å². The number of amides is 2. The Bertz CT molecular complexity index is 1100. The van der Waals surface area contributed by atoms with Crippen LogP contribution in [0, 0.1) is 5.82 Å². The van der Waals surface area contributed by atoms with Gasteiger partial charge >= 0.3 is 0 Å². The third-order valence-corrected chi connectivity index (χ3v) is 6.19. The first-order chi connectivity index (χ1) is 14.6. The average molecular weight is 406 g/mol. The van der Waals surface area contributed by atoms with E-state index in [-0.39, 0.29) is 29.7 Å². The quantitative estimate of drug-likeness (QED) is 0.700. The molecule has 0 saturated carbocycles. The number of halogens is 1. The van der Waals surface area contributed by atoms with Crippen molar-refractivity contribution in [3.8, 4) is 0 Å². The maximum atomic E-state index is 13.9. The van der Waals surface area contributed by atoms with E-state index in [1.807, 2.05) is 35.2 Å². The molecule has 1 unspecified atom stereocenters. The van der Waals surface area contributed by atoms with Gasteiger partial charge in [0.2, 0.25) is 0 Å². The molecule has 3 atom stereocenters. The summed E-state index contributed by atoms with van der Waals surface area (Å²) in [6.45, 7) is 2.76. The van der Waals surface area contributed by atoms with Crippen LogP contribution >= 0.6 is 0 Å². The largest absolute Gasteiger partial charge is 0.350 e. The molecular formula is C23H23FN4O2. The molecule has 5 rings (SSSR count). The number of aromatic nitrogens is 1. The zero-order chi connectivity index (χ0) is 20.7. The lowest BCUT2D eigenvalue weighted by molar-refractivity contribution is 0.0493. The molecule has 3 heterocycles. The molecule has 6 nitrogen and oxygen atoms in total. The maximum Gasteiger partial charge on any atom is 0.267 e. The van der Waals surface area contributed by atoms with Crippen molar-refractivity contribution in [3.63, 3.8) is 0 Å². The number of hydrogen-bond acceptors (Lipinski definition) is 3. The molecular weight excluding hydrogens is 383 g/mol. The first-order valence-corrected chi connectivity index (χ1v) is 10.3. The lowest BCUT2D eigenvalue weighted by atomic mass is 10.1. The number of nitrogens with one attached hydrogen (secondary N) is 2. The van der Waals surface area contributed by atoms with Gasteiger partial charge in [-0.3, -0.25) is 14.5 Å². The Kier molecular flexibility index (Phi) is 4.75. The monoisotopic (exact) mass is 406 g/mol. The van der Waals surface area contributed by atoms with Gasteiger partial charge in [0.05, 0.1) is 0 Å². The molecule has 154 valence electrons. The molecule has 2 aliphatic rings. The number of rotatable bonds is 4. The molecule has 30 heavy (non-hydrogen) atoms. The van der Waals surface area contributed by atoms with Crippen LogP contribution in [-0.2, 0) is 0 Å². The molecule has 2 N–H and O–H groups in total. The first-order valence-electron chi connectivity index (χ1n) is 10.3. The molecule has 1 aromatic heterocycles. The summed E-state index contributed by atoms with van der Waals surface area (Å²) >= 11 is 0. The molecule has 2 amide bonds. The summed E-state index contributed by atoms with van der Waals surface area (Å²) < 4.78 is 13.9. The Balaban J connectivity index is 1.28. The van der Waals surface area contributed by atoms with E-state index in [0.717, 1.165) is 19.5 Å². The Labute approximate surface area is 173 Å². The molecule has 0 spiro atoms. The standard InChI is InChI=1S/C23H23FN4O2/c24-19-7-4-8-20-18(19)11-21(26-20)22(29)25-12-17-14-28(16-9-10-27(17)13-16)23(30)15-5-2-1-3-6-15/h1-8,11,16-17,26H,9-10,12-14H2,(H,25,29)/t16-,17-/m0/s1. The van der Waals surface area contributed by atoms with Crippen LogP contribution in [-0.4, -0.2) is 64.9 Å². The molecule has 2 fully saturated rings. The third-order valence-electron chi connectivity index (χ3n) is 6.19. The highest BCUT2D eigenvalue weighted by molar-refractivity contribution is 5.98. The van der Waals surface area contributed by atoms with Gasteiger partial charge in [-0.25, -0.2) is 4.39 Å². The van der Waals surface area contributed by atoms with Gasteiger partial charge in [-0.2, -0.15) is 0 Å². The van der Waals surface area contributed by atoms with E-state index in [9.17, 15) is 14.0 Å². The summed E-state index contributed by atoms with van der Waals surface area (Å²) in [5, 5.41) is 3.36. The highest BCUT2D eigenvalue weighted by Crippen LogP contribution is 2.26. The van der Waals surface area contributed by atoms with Gasteiger partial charge in [0.1, 0.15) is 11.5 Å². The van der Waals surface area contributed by atoms with Crippen LogP contribution in [0.1, 0.15) is 27.3 Å². The Morgan fingerprint density at radius 2 is 1.93 bits per heavy atom. The number of carbonyl (C=O) groups excluding carboxylic acids is 2. The molecule has 3 aromatic rings. The van der Waals surface area contributed by atoms with Crippen molar-refractivity contribution >= 4 is 22.7 Å². The lowest BCUT2D eigenvalue weighted by Gasteiger charge is -2.40. The number of fused-ring (bicyclic) bond motifs is 3. The van der Waals surface area contributed by atoms with E-state index < -0.39 is 0 Å². The summed E-state index contributed by atoms with van der Waals surface area (Å²) in [4.78, 5) is 32.9. The van der Waals surface area contributed by atoms with E-state index >= 15 is 0 Å². The van der Waals surface area contributed by atoms with Crippen LogP contribution in [0.5, 0.6) is 0 Å². The van der Waals surface area contributed by atoms with Crippen LogP contribution in [0.3, 0.4) is 0 Å². The van der Waals surface area contributed by atoms with Crippen molar-refractivity contribution in [2.75, 3.05) is 26.2 Å². The zero-order valence-corrected chi connectivity index (χ0v) is 16.5. The van der Waals surface area contributed by atoms with Crippen LogP contribution in [0.4, 0.5) is 4.39 Å². The number of aromatic amines is 1. The van der Waals surface area contributed by atoms with Gasteiger partial charge in [-0.1, -0.05) is 24.3 Å². The second-order valence-electron chi connectivity index (χ2n) is 8.01. The lowest BCUT2D eigenvalue weighted by Crippen LogP contribution is -2.57. The van der Waals surface area contributed by atoms with E-state index in [1.54, 1.807) is 12.1 Å². The number of carbonyl (C=O) groups is 2. The predicted molar refractivity (Wildman–Crippen MR) is 112 cm³/mol. The van der Waals surface area contributed by atoms with Crippen molar-refractivity contribution in [2.45, 2.75) is 18.5 Å². The fraction of sp³-hybridized carbons (Fsp3) is 0.304. The molecule has 0 radical (unpaired) electrons. The van der Waals surface area contributed by atoms with Gasteiger partial charge in [0.15, 0.2) is 0 Å². The van der Waals surface area contributed by atoms with E-state index in [2.05, 4.69) is 15.2 Å². The van der Waals surface area contributed by atoms with E-state index in [4.69, 9.17) is 0 Å². The van der Waals surface area contributed by atoms with E-state index in [1.165, 1.54) is 12.1 Å². The van der Waals surface area contributed by atoms with Crippen molar-refractivity contribution in [3.05, 3.63) is 71.7 Å². The molecule has 2 aliphatic heterocycles. The van der Waals surface area contributed by atoms with Gasteiger partial charge in [-0.15, -0.1) is 0 Å². The average Bonchev–Trinajstić information content (AvgIpc) is 3.39. The third kappa shape index (κ3) is 3.35. The highest BCUT2D eigenvalue weighted by atomic mass is 19.1. The molecule has 7 heteroatoms. The zero-order valence-electron chi connectivity index (χ0n) is 16.5. The minimum Gasteiger partial charge on any atom is -0.350 e. The predicted octanol–water partition coefficient (Wildman–Crippen LogP) is 2.64. The SMILES string of the molecule is O=C(NC[C@H]1CN(C(=O)c2ccccc2)[C@H]2CCN1C2)c1cc2c(F)cccc2[nH]1. The molecule has 2 aromatic carbocycles. The van der Waals surface area contributed by atoms with Gasteiger partial charge in [-0.05, 0) is 36.8 Å². The second-order valence-corrected chi connectivity index (χ2v) is 8.01. The second kappa shape index (κ2) is 7.57. The van der Waals surface area contributed by atoms with Crippen molar-refractivity contribution < 1.29 is 14.0 Å². The number of H-pyrrole nitrogens is 1. The fourth-order valence-electron chi connectivity index (χ4n) is 4.58. The smallest absolute Gasteiger partial charge is 0.267 e. The summed E-state index contributed by atoms with van der Waals surface area (Å²) in [6.07, 6.45) is 0.949. The maximum absolute atomic E-state index is 13.9. The Hall–Kier alpha value is -3.19. The first kappa shape index (κ1) is 18.8. The summed E-state index contributed by atoms with van der Waals surface area (Å²) in [5.74, 6) is -0.578. The van der Waals surface area contributed by atoms with Gasteiger partial charge in [0, 0.05) is 54.7 Å². The summed E-state index contributed by atoms with van der Waals surface area (Å²) in [5.41, 5.74) is 1.63. The van der Waals surface area contributed by atoms with Crippen LogP contribution in [0.2, 0.25) is 0 Å². The number of nitrogens with zero attached hydrogens (tertiary/aromatic N) is 2. The minimum absolute atomic E-state index is 0.0459. The molecule has 2 bridgehead atoms. The Morgan fingerprint density at radius 1 is 1.10 bits per heavy atom. The number of benzene rings is 2. The molecule has 0 aliphatic carbocycles. The van der Waals surface area contributed by atoms with Crippen LogP contribution in [0.15, 0.2) is 54.6 Å². The van der Waals surface area contributed by atoms with Crippen molar-refractivity contribution in [2.24, 2.45) is 0 Å². The molecule has 2 saturated heterocycles. The topological polar surface area (TPSA) is 68.4 Å².